The van der Waals surface area contributed by atoms with Crippen molar-refractivity contribution in [3.05, 3.63) is 0 Å². The summed E-state index contributed by atoms with van der Waals surface area (Å²) in [5.74, 6) is 0. The minimum Gasteiger partial charge on any atom is -0.443 e. The van der Waals surface area contributed by atoms with Gasteiger partial charge in [-0.2, -0.15) is 0 Å². The van der Waals surface area contributed by atoms with E-state index in [1.807, 2.05) is 0 Å². The van der Waals surface area contributed by atoms with Crippen molar-refractivity contribution in [2.24, 2.45) is 5.73 Å². The second-order valence-corrected chi connectivity index (χ2v) is 4.65. The van der Waals surface area contributed by atoms with Crippen LogP contribution in [-0.4, -0.2) is 56.0 Å². The molecule has 0 aliphatic carbocycles. The molecule has 0 unspecified atom stereocenters. The highest BCUT2D eigenvalue weighted by atomic mass is 16.6. The maximum Gasteiger partial charge on any atom is 0.418 e. The van der Waals surface area contributed by atoms with Crippen LogP contribution in [0.5, 0.6) is 0 Å². The Morgan fingerprint density at radius 3 is 2.39 bits per heavy atom. The van der Waals surface area contributed by atoms with Crippen molar-refractivity contribution in [2.75, 3.05) is 33.4 Å². The number of hydrogen-bond donors (Lipinski definition) is 2. The lowest BCUT2D eigenvalue weighted by atomic mass is 10.2. The van der Waals surface area contributed by atoms with Crippen LogP contribution in [0.25, 0.3) is 0 Å². The Hall–Kier alpha value is -1.34. The summed E-state index contributed by atoms with van der Waals surface area (Å²) in [5.41, 5.74) is 4.71. The van der Waals surface area contributed by atoms with Crippen LogP contribution in [0.4, 0.5) is 9.59 Å². The van der Waals surface area contributed by atoms with E-state index < -0.39 is 17.7 Å². The SMILES string of the molecule is COCCNC(=O)N(CCN)C(=O)OC(C)(C)C. The molecule has 0 saturated carbocycles. The number of nitrogens with two attached hydrogens (primary N) is 1. The van der Waals surface area contributed by atoms with Crippen molar-refractivity contribution in [2.45, 2.75) is 26.4 Å². The number of imide groups is 1. The highest BCUT2D eigenvalue weighted by Crippen LogP contribution is 2.09. The third-order valence-corrected chi connectivity index (χ3v) is 1.79. The lowest BCUT2D eigenvalue weighted by Gasteiger charge is -2.25. The van der Waals surface area contributed by atoms with E-state index in [1.54, 1.807) is 20.8 Å². The number of methoxy groups -OCH3 is 1. The highest BCUT2D eigenvalue weighted by Gasteiger charge is 2.26. The van der Waals surface area contributed by atoms with E-state index in [9.17, 15) is 9.59 Å². The van der Waals surface area contributed by atoms with Gasteiger partial charge in [0.1, 0.15) is 5.60 Å². The number of nitrogens with one attached hydrogen (secondary N) is 1. The molecule has 7 nitrogen and oxygen atoms in total. The topological polar surface area (TPSA) is 93.9 Å². The second-order valence-electron chi connectivity index (χ2n) is 4.65. The van der Waals surface area contributed by atoms with Gasteiger partial charge in [0.25, 0.3) is 0 Å². The van der Waals surface area contributed by atoms with Gasteiger partial charge in [0.15, 0.2) is 0 Å². The van der Waals surface area contributed by atoms with Crippen LogP contribution in [0.1, 0.15) is 20.8 Å². The van der Waals surface area contributed by atoms with Crippen molar-refractivity contribution in [1.82, 2.24) is 10.2 Å². The number of ether oxygens (including phenoxy) is 2. The Bertz CT molecular complexity index is 276. The van der Waals surface area contributed by atoms with E-state index in [0.29, 0.717) is 13.2 Å². The summed E-state index contributed by atoms with van der Waals surface area (Å²) >= 11 is 0. The molecule has 0 aromatic heterocycles. The predicted octanol–water partition coefficient (Wildman–Crippen LogP) is 0.538. The fourth-order valence-electron chi connectivity index (χ4n) is 1.08. The van der Waals surface area contributed by atoms with Gasteiger partial charge in [0.05, 0.1) is 6.61 Å². The molecule has 18 heavy (non-hydrogen) atoms. The number of carbonyl (C=O) groups is 2. The van der Waals surface area contributed by atoms with E-state index in [-0.39, 0.29) is 13.1 Å². The Morgan fingerprint density at radius 2 is 1.94 bits per heavy atom. The first kappa shape index (κ1) is 16.7. The van der Waals surface area contributed by atoms with Gasteiger partial charge in [0.2, 0.25) is 0 Å². The van der Waals surface area contributed by atoms with Crippen molar-refractivity contribution < 1.29 is 19.1 Å². The van der Waals surface area contributed by atoms with Crippen molar-refractivity contribution in [3.8, 4) is 0 Å². The average Bonchev–Trinajstić information content (AvgIpc) is 2.23. The van der Waals surface area contributed by atoms with Gasteiger partial charge in [-0.25, -0.2) is 14.5 Å². The molecule has 0 aromatic rings. The molecule has 0 atom stereocenters. The maximum atomic E-state index is 11.8. The standard InChI is InChI=1S/C11H23N3O4/c1-11(2,3)18-10(16)14(7-5-12)9(15)13-6-8-17-4/h5-8,12H2,1-4H3,(H,13,15). The lowest BCUT2D eigenvalue weighted by molar-refractivity contribution is 0.0324. The van der Waals surface area contributed by atoms with Gasteiger partial charge >= 0.3 is 12.1 Å². The Morgan fingerprint density at radius 1 is 1.33 bits per heavy atom. The summed E-state index contributed by atoms with van der Waals surface area (Å²) in [6.07, 6.45) is -0.706. The number of hydrogen-bond acceptors (Lipinski definition) is 5. The summed E-state index contributed by atoms with van der Waals surface area (Å²) in [6, 6.07) is -0.535. The van der Waals surface area contributed by atoms with Gasteiger partial charge in [-0.3, -0.25) is 0 Å². The molecule has 3 amide bonds. The molecule has 0 aliphatic heterocycles. The zero-order valence-corrected chi connectivity index (χ0v) is 11.5. The van der Waals surface area contributed by atoms with E-state index in [2.05, 4.69) is 5.32 Å². The first-order valence-electron chi connectivity index (χ1n) is 5.79. The van der Waals surface area contributed by atoms with Gasteiger partial charge in [-0.1, -0.05) is 0 Å². The number of urea groups is 1. The summed E-state index contributed by atoms with van der Waals surface area (Å²) in [4.78, 5) is 24.5. The zero-order chi connectivity index (χ0) is 14.2. The molecule has 106 valence electrons. The van der Waals surface area contributed by atoms with Crippen LogP contribution in [0.2, 0.25) is 0 Å². The van der Waals surface area contributed by atoms with Crippen molar-refractivity contribution in [3.63, 3.8) is 0 Å². The third kappa shape index (κ3) is 7.08. The minimum atomic E-state index is -0.706. The molecular weight excluding hydrogens is 238 g/mol. The lowest BCUT2D eigenvalue weighted by Crippen LogP contribution is -2.48. The molecular formula is C11H23N3O4. The van der Waals surface area contributed by atoms with Gasteiger partial charge < -0.3 is 20.5 Å². The van der Waals surface area contributed by atoms with Crippen LogP contribution < -0.4 is 11.1 Å². The van der Waals surface area contributed by atoms with Gasteiger partial charge in [-0.15, -0.1) is 0 Å². The average molecular weight is 261 g/mol. The van der Waals surface area contributed by atoms with Crippen molar-refractivity contribution >= 4 is 12.1 Å². The number of nitrogens with zero attached hydrogens (tertiary/aromatic N) is 1. The summed E-state index contributed by atoms with van der Waals surface area (Å²) in [5, 5.41) is 2.54. The monoisotopic (exact) mass is 261 g/mol. The molecule has 0 heterocycles. The molecule has 7 heteroatoms. The summed E-state index contributed by atoms with van der Waals surface area (Å²) < 4.78 is 9.92. The smallest absolute Gasteiger partial charge is 0.418 e. The molecule has 0 aliphatic rings. The molecule has 0 radical (unpaired) electrons. The summed E-state index contributed by atoms with van der Waals surface area (Å²) in [7, 11) is 1.53. The van der Waals surface area contributed by atoms with Crippen LogP contribution in [0, 0.1) is 0 Å². The molecule has 0 saturated heterocycles. The molecule has 0 spiro atoms. The quantitative estimate of drug-likeness (QED) is 0.704. The fourth-order valence-corrected chi connectivity index (χ4v) is 1.08. The predicted molar refractivity (Wildman–Crippen MR) is 67.3 cm³/mol. The van der Waals surface area contributed by atoms with Crippen LogP contribution in [0.15, 0.2) is 0 Å². The molecule has 0 aromatic carbocycles. The molecule has 0 rings (SSSR count). The number of amides is 3. The van der Waals surface area contributed by atoms with Gasteiger partial charge in [0, 0.05) is 26.7 Å². The van der Waals surface area contributed by atoms with Gasteiger partial charge in [-0.05, 0) is 20.8 Å². The first-order valence-corrected chi connectivity index (χ1v) is 5.79. The molecule has 3 N–H and O–H groups in total. The Balaban J connectivity index is 4.44. The normalized spacial score (nSPS) is 10.9. The van der Waals surface area contributed by atoms with E-state index in [0.717, 1.165) is 4.90 Å². The van der Waals surface area contributed by atoms with Crippen LogP contribution in [0.3, 0.4) is 0 Å². The largest absolute Gasteiger partial charge is 0.443 e. The Labute approximate surface area is 108 Å². The first-order chi connectivity index (χ1) is 8.31. The number of carbonyl (C=O) groups excluding carboxylic acids is 2. The number of rotatable bonds is 5. The molecule has 0 bridgehead atoms. The van der Waals surface area contributed by atoms with E-state index in [4.69, 9.17) is 15.2 Å². The summed E-state index contributed by atoms with van der Waals surface area (Å²) in [6.45, 7) is 6.16. The van der Waals surface area contributed by atoms with Crippen molar-refractivity contribution in [1.29, 1.82) is 0 Å². The second kappa shape index (κ2) is 7.88. The van der Waals surface area contributed by atoms with E-state index >= 15 is 0 Å². The highest BCUT2D eigenvalue weighted by molar-refractivity contribution is 5.91. The maximum absolute atomic E-state index is 11.8. The van der Waals surface area contributed by atoms with Crippen LogP contribution in [-0.2, 0) is 9.47 Å². The minimum absolute atomic E-state index is 0.105. The van der Waals surface area contributed by atoms with E-state index in [1.165, 1.54) is 7.11 Å². The third-order valence-electron chi connectivity index (χ3n) is 1.79. The molecule has 0 fully saturated rings. The van der Waals surface area contributed by atoms with Crippen LogP contribution >= 0.6 is 0 Å². The Kier molecular flexibility index (Phi) is 7.30. The fraction of sp³-hybridized carbons (Fsp3) is 0.818. The zero-order valence-electron chi connectivity index (χ0n) is 11.5.